The number of rotatable bonds is 5. The molecule has 1 N–H and O–H groups in total. The Morgan fingerprint density at radius 2 is 1.72 bits per heavy atom. The number of benzene rings is 2. The van der Waals surface area contributed by atoms with Crippen molar-refractivity contribution >= 4 is 10.0 Å². The summed E-state index contributed by atoms with van der Waals surface area (Å²) in [5.74, 6) is -0.778. The first-order chi connectivity index (χ1) is 12.0. The molecule has 0 amide bonds. The quantitative estimate of drug-likeness (QED) is 0.759. The van der Waals surface area contributed by atoms with Crippen LogP contribution in [0.2, 0.25) is 0 Å². The third kappa shape index (κ3) is 3.92. The number of aryl methyl sites for hydroxylation is 1. The van der Waals surface area contributed by atoms with Crippen molar-refractivity contribution in [2.45, 2.75) is 18.4 Å². The van der Waals surface area contributed by atoms with Crippen LogP contribution in [0.1, 0.15) is 11.1 Å². The van der Waals surface area contributed by atoms with Gasteiger partial charge in [-0.1, -0.05) is 48.0 Å². The van der Waals surface area contributed by atoms with Crippen LogP contribution in [-0.2, 0) is 16.6 Å². The minimum absolute atomic E-state index is 0.0215. The van der Waals surface area contributed by atoms with Crippen LogP contribution in [0.25, 0.3) is 11.3 Å². The van der Waals surface area contributed by atoms with Gasteiger partial charge in [0, 0.05) is 18.3 Å². The van der Waals surface area contributed by atoms with E-state index >= 15 is 0 Å². The van der Waals surface area contributed by atoms with Crippen LogP contribution in [0.15, 0.2) is 71.8 Å². The molecule has 1 heterocycles. The number of nitrogens with one attached hydrogen (secondary N) is 1. The number of halogens is 1. The Morgan fingerprint density at radius 1 is 1.00 bits per heavy atom. The van der Waals surface area contributed by atoms with Gasteiger partial charge < -0.3 is 0 Å². The van der Waals surface area contributed by atoms with Crippen molar-refractivity contribution in [1.82, 2.24) is 9.71 Å². The predicted octanol–water partition coefficient (Wildman–Crippen LogP) is 3.67. The summed E-state index contributed by atoms with van der Waals surface area (Å²) in [6.07, 6.45) is 1.66. The van der Waals surface area contributed by atoms with Crippen molar-refractivity contribution < 1.29 is 12.8 Å². The van der Waals surface area contributed by atoms with Gasteiger partial charge >= 0.3 is 0 Å². The molecule has 0 fully saturated rings. The Labute approximate surface area is 146 Å². The summed E-state index contributed by atoms with van der Waals surface area (Å²) in [6, 6.07) is 16.6. The summed E-state index contributed by atoms with van der Waals surface area (Å²) in [5, 5.41) is 0. The molecule has 25 heavy (non-hydrogen) atoms. The molecule has 0 aliphatic carbocycles. The molecule has 0 saturated heterocycles. The van der Waals surface area contributed by atoms with E-state index < -0.39 is 15.8 Å². The average Bonchev–Trinajstić information content (AvgIpc) is 2.61. The van der Waals surface area contributed by atoms with Crippen molar-refractivity contribution in [3.05, 3.63) is 83.8 Å². The number of aromatic nitrogens is 1. The number of hydrogen-bond donors (Lipinski definition) is 1. The summed E-state index contributed by atoms with van der Waals surface area (Å²) in [6.45, 7) is 2.01. The summed E-state index contributed by atoms with van der Waals surface area (Å²) >= 11 is 0. The van der Waals surface area contributed by atoms with Gasteiger partial charge in [-0.2, -0.15) is 0 Å². The first kappa shape index (κ1) is 17.3. The molecule has 3 aromatic rings. The molecule has 0 aliphatic rings. The SMILES string of the molecule is Cc1ccc(-c2ncccc2CNS(=O)(=O)c2ccccc2F)cc1. The molecular weight excluding hydrogens is 339 g/mol. The second-order valence-electron chi connectivity index (χ2n) is 5.63. The lowest BCUT2D eigenvalue weighted by atomic mass is 10.0. The van der Waals surface area contributed by atoms with Crippen LogP contribution >= 0.6 is 0 Å². The summed E-state index contributed by atoms with van der Waals surface area (Å²) < 4.78 is 40.9. The topological polar surface area (TPSA) is 59.1 Å². The zero-order chi connectivity index (χ0) is 17.9. The van der Waals surface area contributed by atoms with Gasteiger partial charge in [0.2, 0.25) is 10.0 Å². The van der Waals surface area contributed by atoms with Gasteiger partial charge in [0.1, 0.15) is 10.7 Å². The Morgan fingerprint density at radius 3 is 2.44 bits per heavy atom. The molecule has 3 rings (SSSR count). The van der Waals surface area contributed by atoms with Crippen molar-refractivity contribution in [1.29, 1.82) is 0 Å². The molecule has 0 bridgehead atoms. The van der Waals surface area contributed by atoms with Gasteiger partial charge in [-0.25, -0.2) is 17.5 Å². The molecule has 2 aromatic carbocycles. The first-order valence-electron chi connectivity index (χ1n) is 7.72. The molecule has 0 radical (unpaired) electrons. The summed E-state index contributed by atoms with van der Waals surface area (Å²) in [4.78, 5) is 4.00. The smallest absolute Gasteiger partial charge is 0.243 e. The summed E-state index contributed by atoms with van der Waals surface area (Å²) in [5.41, 5.74) is 3.43. The highest BCUT2D eigenvalue weighted by atomic mass is 32.2. The maximum absolute atomic E-state index is 13.8. The van der Waals surface area contributed by atoms with Gasteiger partial charge in [0.15, 0.2) is 0 Å². The molecule has 0 aliphatic heterocycles. The van der Waals surface area contributed by atoms with Crippen molar-refractivity contribution in [3.8, 4) is 11.3 Å². The molecule has 1 aromatic heterocycles. The largest absolute Gasteiger partial charge is 0.256 e. The maximum Gasteiger partial charge on any atom is 0.243 e. The third-order valence-electron chi connectivity index (χ3n) is 3.80. The van der Waals surface area contributed by atoms with E-state index in [-0.39, 0.29) is 11.4 Å². The number of hydrogen-bond acceptors (Lipinski definition) is 3. The fraction of sp³-hybridized carbons (Fsp3) is 0.105. The highest BCUT2D eigenvalue weighted by molar-refractivity contribution is 7.89. The van der Waals surface area contributed by atoms with E-state index in [1.807, 2.05) is 31.2 Å². The second-order valence-corrected chi connectivity index (χ2v) is 7.37. The Hall–Kier alpha value is -2.57. The number of sulfonamides is 1. The van der Waals surface area contributed by atoms with Crippen molar-refractivity contribution in [3.63, 3.8) is 0 Å². The monoisotopic (exact) mass is 356 g/mol. The van der Waals surface area contributed by atoms with Gasteiger partial charge in [0.05, 0.1) is 5.69 Å². The molecule has 4 nitrogen and oxygen atoms in total. The van der Waals surface area contributed by atoms with Crippen LogP contribution in [-0.4, -0.2) is 13.4 Å². The van der Waals surface area contributed by atoms with Gasteiger partial charge in [0.25, 0.3) is 0 Å². The average molecular weight is 356 g/mol. The number of pyridine rings is 1. The van der Waals surface area contributed by atoms with Crippen LogP contribution in [0.3, 0.4) is 0 Å². The normalized spacial score (nSPS) is 11.4. The molecular formula is C19H17FN2O2S. The molecule has 128 valence electrons. The van der Waals surface area contributed by atoms with Gasteiger partial charge in [-0.05, 0) is 30.7 Å². The standard InChI is InChI=1S/C19H17FN2O2S/c1-14-8-10-15(11-9-14)19-16(5-4-12-21-19)13-22-25(23,24)18-7-3-2-6-17(18)20/h2-12,22H,13H2,1H3. The lowest BCUT2D eigenvalue weighted by Crippen LogP contribution is -2.24. The van der Waals surface area contributed by atoms with Crippen LogP contribution in [0, 0.1) is 12.7 Å². The van der Waals surface area contributed by atoms with Crippen molar-refractivity contribution in [2.75, 3.05) is 0 Å². The van der Waals surface area contributed by atoms with Crippen LogP contribution in [0.5, 0.6) is 0 Å². The highest BCUT2D eigenvalue weighted by Crippen LogP contribution is 2.22. The Balaban J connectivity index is 1.87. The minimum atomic E-state index is -3.95. The van der Waals surface area contributed by atoms with Gasteiger partial charge in [-0.15, -0.1) is 0 Å². The van der Waals surface area contributed by atoms with Crippen LogP contribution in [0.4, 0.5) is 4.39 Å². The molecule has 0 atom stereocenters. The lowest BCUT2D eigenvalue weighted by molar-refractivity contribution is 0.557. The van der Waals surface area contributed by atoms with Gasteiger partial charge in [-0.3, -0.25) is 4.98 Å². The van der Waals surface area contributed by atoms with E-state index in [0.29, 0.717) is 11.3 Å². The maximum atomic E-state index is 13.8. The Kier molecular flexibility index (Phi) is 4.92. The van der Waals surface area contributed by atoms with E-state index in [0.717, 1.165) is 17.2 Å². The third-order valence-corrected chi connectivity index (χ3v) is 5.23. The fourth-order valence-electron chi connectivity index (χ4n) is 2.47. The second kappa shape index (κ2) is 7.13. The molecule has 0 spiro atoms. The lowest BCUT2D eigenvalue weighted by Gasteiger charge is -2.11. The predicted molar refractivity (Wildman–Crippen MR) is 94.8 cm³/mol. The molecule has 0 unspecified atom stereocenters. The zero-order valence-corrected chi connectivity index (χ0v) is 14.4. The summed E-state index contributed by atoms with van der Waals surface area (Å²) in [7, 11) is -3.95. The van der Waals surface area contributed by atoms with E-state index in [4.69, 9.17) is 0 Å². The van der Waals surface area contributed by atoms with E-state index in [1.54, 1.807) is 18.3 Å². The van der Waals surface area contributed by atoms with E-state index in [9.17, 15) is 12.8 Å². The Bertz CT molecular complexity index is 986. The first-order valence-corrected chi connectivity index (χ1v) is 9.21. The fourth-order valence-corrected chi connectivity index (χ4v) is 3.55. The highest BCUT2D eigenvalue weighted by Gasteiger charge is 2.19. The van der Waals surface area contributed by atoms with Crippen LogP contribution < -0.4 is 4.72 Å². The minimum Gasteiger partial charge on any atom is -0.256 e. The van der Waals surface area contributed by atoms with Crippen molar-refractivity contribution in [2.24, 2.45) is 0 Å². The number of nitrogens with zero attached hydrogens (tertiary/aromatic N) is 1. The zero-order valence-electron chi connectivity index (χ0n) is 13.6. The van der Waals surface area contributed by atoms with E-state index in [1.165, 1.54) is 18.2 Å². The van der Waals surface area contributed by atoms with E-state index in [2.05, 4.69) is 9.71 Å². The molecule has 0 saturated carbocycles. The molecule has 6 heteroatoms.